The molecule has 0 saturated heterocycles. The monoisotopic (exact) mass is 554 g/mol. The lowest BCUT2D eigenvalue weighted by atomic mass is 9.64. The van der Waals surface area contributed by atoms with E-state index >= 15 is 0 Å². The van der Waals surface area contributed by atoms with E-state index in [2.05, 4.69) is 93.5 Å². The first kappa shape index (κ1) is 33.6. The summed E-state index contributed by atoms with van der Waals surface area (Å²) in [6.07, 6.45) is 11.2. The second kappa shape index (κ2) is 13.8. The Labute approximate surface area is 245 Å². The summed E-state index contributed by atoms with van der Waals surface area (Å²) in [6.45, 7) is 23.3. The van der Waals surface area contributed by atoms with Crippen molar-refractivity contribution in [2.24, 2.45) is 10.8 Å². The van der Waals surface area contributed by atoms with Crippen LogP contribution in [-0.4, -0.2) is 10.2 Å². The number of hydrogen-bond acceptors (Lipinski definition) is 3. The predicted octanol–water partition coefficient (Wildman–Crippen LogP) is 11.8. The van der Waals surface area contributed by atoms with Crippen molar-refractivity contribution in [3.05, 3.63) is 47.5 Å². The van der Waals surface area contributed by atoms with Crippen molar-refractivity contribution >= 4 is 11.8 Å². The van der Waals surface area contributed by atoms with E-state index in [-0.39, 0.29) is 22.3 Å². The minimum atomic E-state index is 0.0675. The van der Waals surface area contributed by atoms with E-state index in [1.165, 1.54) is 22.9 Å². The molecule has 0 saturated carbocycles. The third-order valence-corrected chi connectivity index (χ3v) is 12.1. The van der Waals surface area contributed by atoms with Crippen LogP contribution in [0.1, 0.15) is 145 Å². The van der Waals surface area contributed by atoms with Crippen LogP contribution in [0, 0.1) is 10.8 Å². The molecular formula is C36H58O2S. The average molecular weight is 555 g/mol. The lowest BCUT2D eigenvalue weighted by Crippen LogP contribution is -2.32. The fraction of sp³-hybridized carbons (Fsp3) is 0.667. The van der Waals surface area contributed by atoms with E-state index in [1.807, 2.05) is 12.1 Å². The molecule has 0 aliphatic heterocycles. The van der Waals surface area contributed by atoms with Gasteiger partial charge in [0, 0.05) is 0 Å². The summed E-state index contributed by atoms with van der Waals surface area (Å²) >= 11 is 1.50. The van der Waals surface area contributed by atoms with Crippen molar-refractivity contribution in [2.75, 3.05) is 0 Å². The molecule has 0 bridgehead atoms. The van der Waals surface area contributed by atoms with Gasteiger partial charge in [-0.1, -0.05) is 119 Å². The first-order valence-electron chi connectivity index (χ1n) is 15.7. The number of phenols is 2. The van der Waals surface area contributed by atoms with Crippen LogP contribution in [0.5, 0.6) is 11.5 Å². The smallest absolute Gasteiger partial charge is 0.129 e. The molecule has 2 aromatic carbocycles. The molecule has 0 heterocycles. The van der Waals surface area contributed by atoms with Crippen molar-refractivity contribution < 1.29 is 10.2 Å². The first-order valence-corrected chi connectivity index (χ1v) is 16.5. The molecule has 0 atom stereocenters. The Morgan fingerprint density at radius 1 is 0.513 bits per heavy atom. The van der Waals surface area contributed by atoms with Crippen molar-refractivity contribution in [2.45, 2.75) is 154 Å². The summed E-state index contributed by atoms with van der Waals surface area (Å²) in [4.78, 5) is 1.65. The third-order valence-electron chi connectivity index (χ3n) is 11.0. The first-order chi connectivity index (χ1) is 18.4. The highest BCUT2D eigenvalue weighted by atomic mass is 32.2. The number of aromatic hydroxyl groups is 2. The normalized spacial score (nSPS) is 13.2. The summed E-state index contributed by atoms with van der Waals surface area (Å²) in [6, 6.07) is 12.4. The number of hydrogen-bond donors (Lipinski definition) is 2. The Morgan fingerprint density at radius 3 is 1.08 bits per heavy atom. The van der Waals surface area contributed by atoms with E-state index in [4.69, 9.17) is 0 Å². The SMILES string of the molecule is CCC(C)(CC)CC(CC)(CC)c1ccc(O)c(Sc2cc(C(CC)(CC)CC(C)(CC)CC)ccc2O)c1. The Morgan fingerprint density at radius 2 is 0.821 bits per heavy atom. The lowest BCUT2D eigenvalue weighted by molar-refractivity contribution is 0.182. The Hall–Kier alpha value is -1.61. The molecule has 0 spiro atoms. The van der Waals surface area contributed by atoms with Gasteiger partial charge in [-0.3, -0.25) is 0 Å². The second-order valence-corrected chi connectivity index (χ2v) is 13.9. The molecule has 0 unspecified atom stereocenters. The van der Waals surface area contributed by atoms with Crippen molar-refractivity contribution in [1.82, 2.24) is 0 Å². The summed E-state index contributed by atoms with van der Waals surface area (Å²) in [5.41, 5.74) is 3.32. The van der Waals surface area contributed by atoms with Gasteiger partial charge in [0.25, 0.3) is 0 Å². The highest BCUT2D eigenvalue weighted by molar-refractivity contribution is 7.99. The van der Waals surface area contributed by atoms with Crippen LogP contribution < -0.4 is 0 Å². The summed E-state index contributed by atoms with van der Waals surface area (Å²) in [7, 11) is 0. The molecule has 39 heavy (non-hydrogen) atoms. The fourth-order valence-electron chi connectivity index (χ4n) is 6.62. The Bertz CT molecular complexity index is 957. The molecule has 0 aliphatic rings. The van der Waals surface area contributed by atoms with Crippen molar-refractivity contribution in [3.8, 4) is 11.5 Å². The molecular weight excluding hydrogens is 496 g/mol. The number of phenolic OH excluding ortho intramolecular Hbond substituents is 2. The largest absolute Gasteiger partial charge is 0.507 e. The molecule has 220 valence electrons. The molecule has 0 fully saturated rings. The van der Waals surface area contributed by atoms with Gasteiger partial charge in [0.2, 0.25) is 0 Å². The molecule has 0 aliphatic carbocycles. The maximum absolute atomic E-state index is 11.0. The van der Waals surface area contributed by atoms with Gasteiger partial charge >= 0.3 is 0 Å². The molecule has 2 rings (SSSR count). The highest BCUT2D eigenvalue weighted by Crippen LogP contribution is 2.50. The van der Waals surface area contributed by atoms with E-state index < -0.39 is 0 Å². The zero-order chi connectivity index (χ0) is 29.5. The van der Waals surface area contributed by atoms with Gasteiger partial charge in [-0.15, -0.1) is 0 Å². The molecule has 2 nitrogen and oxygen atoms in total. The third kappa shape index (κ3) is 7.38. The van der Waals surface area contributed by atoms with Gasteiger partial charge in [-0.05, 0) is 95.6 Å². The summed E-state index contributed by atoms with van der Waals surface area (Å²) in [5.74, 6) is 0.565. The van der Waals surface area contributed by atoms with Gasteiger partial charge < -0.3 is 10.2 Å². The molecule has 0 amide bonds. The number of rotatable bonds is 16. The zero-order valence-corrected chi connectivity index (χ0v) is 27.7. The van der Waals surface area contributed by atoms with Crippen LogP contribution in [0.3, 0.4) is 0 Å². The van der Waals surface area contributed by atoms with Crippen LogP contribution in [0.15, 0.2) is 46.2 Å². The molecule has 2 N–H and O–H groups in total. The van der Waals surface area contributed by atoms with Gasteiger partial charge in [-0.2, -0.15) is 0 Å². The fourth-order valence-corrected chi connectivity index (χ4v) is 7.58. The van der Waals surface area contributed by atoms with Crippen LogP contribution in [0.25, 0.3) is 0 Å². The van der Waals surface area contributed by atoms with Crippen LogP contribution in [-0.2, 0) is 10.8 Å². The molecule has 0 aromatic heterocycles. The standard InChI is InChI=1S/C36H58O2S/c1-11-33(9,12-2)25-35(15-5,16-6)27-19-21-29(37)31(23-27)39-32-24-28(20-22-30(32)38)36(17-7,18-8)26-34(10,13-3)14-4/h19-24,37-38H,11-18,25-26H2,1-10H3. The van der Waals surface area contributed by atoms with Gasteiger partial charge in [-0.25, -0.2) is 0 Å². The molecule has 3 heteroatoms. The van der Waals surface area contributed by atoms with Crippen LogP contribution in [0.2, 0.25) is 0 Å². The number of benzene rings is 2. The Balaban J connectivity index is 2.56. The predicted molar refractivity (Wildman–Crippen MR) is 171 cm³/mol. The molecule has 0 radical (unpaired) electrons. The van der Waals surface area contributed by atoms with E-state index in [0.29, 0.717) is 10.8 Å². The van der Waals surface area contributed by atoms with E-state index in [9.17, 15) is 10.2 Å². The van der Waals surface area contributed by atoms with Crippen LogP contribution in [0.4, 0.5) is 0 Å². The Kier molecular flexibility index (Phi) is 11.9. The van der Waals surface area contributed by atoms with Crippen molar-refractivity contribution in [1.29, 1.82) is 0 Å². The quantitative estimate of drug-likeness (QED) is 0.217. The summed E-state index contributed by atoms with van der Waals surface area (Å²) < 4.78 is 0. The average Bonchev–Trinajstić information content (AvgIpc) is 2.96. The zero-order valence-electron chi connectivity index (χ0n) is 26.8. The highest BCUT2D eigenvalue weighted by Gasteiger charge is 2.38. The van der Waals surface area contributed by atoms with Crippen molar-refractivity contribution in [3.63, 3.8) is 0 Å². The van der Waals surface area contributed by atoms with Crippen LogP contribution >= 0.6 is 11.8 Å². The summed E-state index contributed by atoms with van der Waals surface area (Å²) in [5, 5.41) is 21.9. The minimum absolute atomic E-state index is 0.0675. The minimum Gasteiger partial charge on any atom is -0.507 e. The van der Waals surface area contributed by atoms with Gasteiger partial charge in [0.15, 0.2) is 0 Å². The molecule has 2 aromatic rings. The van der Waals surface area contributed by atoms with Gasteiger partial charge in [0.1, 0.15) is 11.5 Å². The maximum atomic E-state index is 11.0. The maximum Gasteiger partial charge on any atom is 0.129 e. The van der Waals surface area contributed by atoms with Gasteiger partial charge in [0.05, 0.1) is 9.79 Å². The lowest BCUT2D eigenvalue weighted by Gasteiger charge is -2.41. The topological polar surface area (TPSA) is 40.5 Å². The van der Waals surface area contributed by atoms with E-state index in [0.717, 1.165) is 74.0 Å². The second-order valence-electron chi connectivity index (χ2n) is 12.8. The van der Waals surface area contributed by atoms with E-state index in [1.54, 1.807) is 0 Å².